The zero-order chi connectivity index (χ0) is 24.2. The lowest BCUT2D eigenvalue weighted by molar-refractivity contribution is 0.0544. The van der Waals surface area contributed by atoms with E-state index in [1.807, 2.05) is 46.8 Å². The molecule has 2 aliphatic carbocycles. The highest BCUT2D eigenvalue weighted by Gasteiger charge is 2.27. The van der Waals surface area contributed by atoms with Gasteiger partial charge in [-0.2, -0.15) is 5.26 Å². The van der Waals surface area contributed by atoms with Gasteiger partial charge < -0.3 is 14.3 Å². The number of alkyl carbamates (subject to hydrolysis) is 1. The van der Waals surface area contributed by atoms with E-state index in [0.29, 0.717) is 41.9 Å². The number of fused-ring (bicyclic) bond motifs is 1. The van der Waals surface area contributed by atoms with Crippen LogP contribution in [0, 0.1) is 16.7 Å². The first-order valence-electron chi connectivity index (χ1n) is 10.9. The number of amides is 1. The van der Waals surface area contributed by atoms with Crippen molar-refractivity contribution >= 4 is 11.9 Å². The Bertz CT molecular complexity index is 1080. The van der Waals surface area contributed by atoms with Gasteiger partial charge in [0, 0.05) is 17.3 Å². The van der Waals surface area contributed by atoms with Crippen LogP contribution in [0.3, 0.4) is 0 Å². The second kappa shape index (κ2) is 9.82. The predicted octanol–water partition coefficient (Wildman–Crippen LogP) is 5.04. The number of nitrogens with zero attached hydrogens (tertiary/aromatic N) is 1. The number of carbonyl (C=O) groups is 1. The highest BCUT2D eigenvalue weighted by molar-refractivity contribution is 6.00. The van der Waals surface area contributed by atoms with Crippen molar-refractivity contribution in [3.05, 3.63) is 58.3 Å². The highest BCUT2D eigenvalue weighted by Crippen LogP contribution is 2.38. The number of benzene rings is 1. The lowest BCUT2D eigenvalue weighted by atomic mass is 9.93. The van der Waals surface area contributed by atoms with Crippen molar-refractivity contribution in [2.75, 3.05) is 0 Å². The SMILES string of the molecule is CC(C)Oc1ccc(ONC(=N)C2=C3CCC(NC(=O)OC(C)(C)C)=C3CC=C2)cc1C#N. The van der Waals surface area contributed by atoms with Crippen LogP contribution in [0.15, 0.2) is 52.8 Å². The molecule has 1 aromatic rings. The monoisotopic (exact) mass is 450 g/mol. The van der Waals surface area contributed by atoms with Crippen molar-refractivity contribution in [1.82, 2.24) is 10.8 Å². The molecule has 8 nitrogen and oxygen atoms in total. The summed E-state index contributed by atoms with van der Waals surface area (Å²) >= 11 is 0. The molecule has 0 aromatic heterocycles. The third-order valence-corrected chi connectivity index (χ3v) is 4.91. The summed E-state index contributed by atoms with van der Waals surface area (Å²) in [7, 11) is 0. The summed E-state index contributed by atoms with van der Waals surface area (Å²) in [6.07, 6.45) is 5.38. The number of amidine groups is 1. The number of rotatable bonds is 6. The smallest absolute Gasteiger partial charge is 0.411 e. The van der Waals surface area contributed by atoms with Gasteiger partial charge >= 0.3 is 6.09 Å². The molecule has 0 fully saturated rings. The van der Waals surface area contributed by atoms with Gasteiger partial charge in [-0.3, -0.25) is 10.7 Å². The normalized spacial score (nSPS) is 15.2. The van der Waals surface area contributed by atoms with Crippen molar-refractivity contribution < 1.29 is 19.1 Å². The average molecular weight is 451 g/mol. The molecule has 0 aliphatic heterocycles. The van der Waals surface area contributed by atoms with Crippen LogP contribution in [-0.2, 0) is 4.74 Å². The Kier molecular flexibility index (Phi) is 7.12. The Morgan fingerprint density at radius 3 is 2.64 bits per heavy atom. The number of allylic oxidation sites excluding steroid dienone is 4. The molecule has 1 aromatic carbocycles. The van der Waals surface area contributed by atoms with E-state index in [1.54, 1.807) is 18.2 Å². The molecule has 0 saturated heterocycles. The Balaban J connectivity index is 1.70. The standard InChI is InChI=1S/C25H30N4O4/c1-15(2)31-22-12-9-17(13-16(22)14-26)33-29-23(27)20-8-6-7-19-18(20)10-11-21(19)28-24(30)32-25(3,4)5/h6,8-9,12-13,15H,7,10-11H2,1-5H3,(H2,27,29)(H,28,30). The van der Waals surface area contributed by atoms with Crippen LogP contribution in [0.5, 0.6) is 11.5 Å². The topological polar surface area (TPSA) is 116 Å². The molecular formula is C25H30N4O4. The summed E-state index contributed by atoms with van der Waals surface area (Å²) in [5, 5.41) is 20.7. The Morgan fingerprint density at radius 2 is 1.97 bits per heavy atom. The van der Waals surface area contributed by atoms with Gasteiger partial charge in [0.05, 0.1) is 11.7 Å². The number of carbonyl (C=O) groups excluding carboxylic acids is 1. The Labute approximate surface area is 194 Å². The van der Waals surface area contributed by atoms with Crippen molar-refractivity contribution in [3.63, 3.8) is 0 Å². The maximum atomic E-state index is 12.2. The average Bonchev–Trinajstić information content (AvgIpc) is 3.13. The van der Waals surface area contributed by atoms with Gasteiger partial charge in [-0.25, -0.2) is 10.3 Å². The fourth-order valence-corrected chi connectivity index (χ4v) is 3.65. The molecule has 0 heterocycles. The van der Waals surface area contributed by atoms with E-state index in [9.17, 15) is 10.1 Å². The van der Waals surface area contributed by atoms with Gasteiger partial charge in [-0.1, -0.05) is 12.2 Å². The molecule has 0 spiro atoms. The van der Waals surface area contributed by atoms with Crippen LogP contribution in [0.1, 0.15) is 59.4 Å². The van der Waals surface area contributed by atoms with E-state index < -0.39 is 11.7 Å². The van der Waals surface area contributed by atoms with Crippen LogP contribution in [0.2, 0.25) is 0 Å². The van der Waals surface area contributed by atoms with E-state index in [-0.39, 0.29) is 11.9 Å². The zero-order valence-electron chi connectivity index (χ0n) is 19.7. The first kappa shape index (κ1) is 23.9. The van der Waals surface area contributed by atoms with Crippen molar-refractivity contribution in [3.8, 4) is 17.6 Å². The fourth-order valence-electron chi connectivity index (χ4n) is 3.65. The van der Waals surface area contributed by atoms with Crippen LogP contribution < -0.4 is 20.4 Å². The van der Waals surface area contributed by atoms with Gasteiger partial charge in [0.15, 0.2) is 11.6 Å². The number of nitrogens with one attached hydrogen (secondary N) is 3. The summed E-state index contributed by atoms with van der Waals surface area (Å²) in [5.41, 5.74) is 6.00. The van der Waals surface area contributed by atoms with Gasteiger partial charge in [0.25, 0.3) is 0 Å². The van der Waals surface area contributed by atoms with E-state index in [2.05, 4.69) is 16.9 Å². The van der Waals surface area contributed by atoms with Crippen LogP contribution in [0.25, 0.3) is 0 Å². The minimum atomic E-state index is -0.571. The minimum Gasteiger partial charge on any atom is -0.490 e. The van der Waals surface area contributed by atoms with E-state index in [0.717, 1.165) is 16.8 Å². The Hall–Kier alpha value is -3.73. The van der Waals surface area contributed by atoms with Gasteiger partial charge in [-0.05, 0) is 77.2 Å². The summed E-state index contributed by atoms with van der Waals surface area (Å²) in [5.74, 6) is 0.978. The number of nitriles is 1. The fraction of sp³-hybridized carbons (Fsp3) is 0.400. The van der Waals surface area contributed by atoms with Crippen LogP contribution in [0.4, 0.5) is 4.79 Å². The lowest BCUT2D eigenvalue weighted by Crippen LogP contribution is -2.32. The van der Waals surface area contributed by atoms with E-state index >= 15 is 0 Å². The molecule has 0 radical (unpaired) electrons. The van der Waals surface area contributed by atoms with Gasteiger partial charge in [0.1, 0.15) is 17.4 Å². The van der Waals surface area contributed by atoms with Crippen LogP contribution in [-0.4, -0.2) is 23.6 Å². The number of hydroxylamine groups is 1. The molecule has 1 amide bonds. The summed E-state index contributed by atoms with van der Waals surface area (Å²) in [6.45, 7) is 9.25. The van der Waals surface area contributed by atoms with E-state index in [4.69, 9.17) is 19.7 Å². The third-order valence-electron chi connectivity index (χ3n) is 4.91. The zero-order valence-corrected chi connectivity index (χ0v) is 19.7. The molecule has 0 bridgehead atoms. The molecule has 0 atom stereocenters. The number of hydrogen-bond donors (Lipinski definition) is 3. The maximum absolute atomic E-state index is 12.2. The van der Waals surface area contributed by atoms with Gasteiger partial charge in [0.2, 0.25) is 0 Å². The molecule has 0 unspecified atom stereocenters. The van der Waals surface area contributed by atoms with Gasteiger partial charge in [-0.15, -0.1) is 0 Å². The Morgan fingerprint density at radius 1 is 1.21 bits per heavy atom. The summed E-state index contributed by atoms with van der Waals surface area (Å²) in [6, 6.07) is 7.02. The van der Waals surface area contributed by atoms with Crippen molar-refractivity contribution in [2.45, 2.75) is 65.6 Å². The molecule has 174 valence electrons. The molecule has 33 heavy (non-hydrogen) atoms. The largest absolute Gasteiger partial charge is 0.490 e. The molecular weight excluding hydrogens is 420 g/mol. The number of hydrogen-bond acceptors (Lipinski definition) is 6. The molecule has 3 rings (SSSR count). The van der Waals surface area contributed by atoms with Crippen molar-refractivity contribution in [2.24, 2.45) is 0 Å². The summed E-state index contributed by atoms with van der Waals surface area (Å²) in [4.78, 5) is 17.8. The third kappa shape index (κ3) is 6.16. The first-order chi connectivity index (χ1) is 15.6. The minimum absolute atomic E-state index is 0.0509. The highest BCUT2D eigenvalue weighted by atomic mass is 16.6. The maximum Gasteiger partial charge on any atom is 0.411 e. The lowest BCUT2D eigenvalue weighted by Gasteiger charge is -2.21. The van der Waals surface area contributed by atoms with Crippen molar-refractivity contribution in [1.29, 1.82) is 10.7 Å². The first-order valence-corrected chi connectivity index (χ1v) is 10.9. The van der Waals surface area contributed by atoms with Crippen LogP contribution >= 0.6 is 0 Å². The molecule has 2 aliphatic rings. The second-order valence-electron chi connectivity index (χ2n) is 9.10. The molecule has 3 N–H and O–H groups in total. The summed E-state index contributed by atoms with van der Waals surface area (Å²) < 4.78 is 11.0. The second-order valence-corrected chi connectivity index (χ2v) is 9.10. The predicted molar refractivity (Wildman–Crippen MR) is 125 cm³/mol. The number of ether oxygens (including phenoxy) is 2. The quantitative estimate of drug-likeness (QED) is 0.318. The van der Waals surface area contributed by atoms with E-state index in [1.165, 1.54) is 0 Å². The molecule has 8 heteroatoms. The molecule has 0 saturated carbocycles.